The molecule has 30 heavy (non-hydrogen) atoms. The zero-order valence-corrected chi connectivity index (χ0v) is 17.4. The Bertz CT molecular complexity index is 1020. The van der Waals surface area contributed by atoms with Crippen molar-refractivity contribution in [3.05, 3.63) is 101 Å². The van der Waals surface area contributed by atoms with Crippen LogP contribution in [0.1, 0.15) is 27.0 Å². The number of carbonyl (C=O) groups is 2. The van der Waals surface area contributed by atoms with Gasteiger partial charge in [0.15, 0.2) is 0 Å². The number of amides is 1. The van der Waals surface area contributed by atoms with Crippen LogP contribution in [0.25, 0.3) is 0 Å². The maximum absolute atomic E-state index is 12.2. The number of ether oxygens (including phenoxy) is 1. The van der Waals surface area contributed by atoms with Gasteiger partial charge in [0.25, 0.3) is 0 Å². The first-order valence-electron chi connectivity index (χ1n) is 9.42. The minimum Gasteiger partial charge on any atom is -0.423 e. The Hall–Kier alpha value is -3.38. The zero-order valence-electron chi connectivity index (χ0n) is 16.6. The predicted molar refractivity (Wildman–Crippen MR) is 121 cm³/mol. The Balaban J connectivity index is 1.42. The van der Waals surface area contributed by atoms with Crippen molar-refractivity contribution < 1.29 is 14.3 Å². The third-order valence-electron chi connectivity index (χ3n) is 4.09. The van der Waals surface area contributed by atoms with Crippen molar-refractivity contribution in [2.24, 2.45) is 5.10 Å². The van der Waals surface area contributed by atoms with Crippen LogP contribution in [-0.4, -0.2) is 23.8 Å². The number of hydrogen-bond donors (Lipinski definition) is 1. The van der Waals surface area contributed by atoms with Gasteiger partial charge in [-0.25, -0.2) is 10.2 Å². The van der Waals surface area contributed by atoms with Crippen molar-refractivity contribution in [2.45, 2.75) is 12.7 Å². The number of nitrogens with zero attached hydrogens (tertiary/aromatic N) is 1. The fourth-order valence-electron chi connectivity index (χ4n) is 2.61. The molecule has 0 heterocycles. The summed E-state index contributed by atoms with van der Waals surface area (Å²) in [5.74, 6) is 0.997. The number of hydrazone groups is 1. The van der Waals surface area contributed by atoms with Gasteiger partial charge in [-0.3, -0.25) is 4.79 Å². The van der Waals surface area contributed by atoms with E-state index < -0.39 is 5.97 Å². The molecule has 1 amide bonds. The number of esters is 1. The van der Waals surface area contributed by atoms with Crippen LogP contribution < -0.4 is 10.2 Å². The predicted octanol–water partition coefficient (Wildman–Crippen LogP) is 4.60. The fourth-order valence-corrected chi connectivity index (χ4v) is 3.39. The van der Waals surface area contributed by atoms with Crippen molar-refractivity contribution in [1.29, 1.82) is 0 Å². The van der Waals surface area contributed by atoms with E-state index in [2.05, 4.69) is 10.5 Å². The van der Waals surface area contributed by atoms with E-state index >= 15 is 0 Å². The molecule has 5 nitrogen and oxygen atoms in total. The molecule has 0 fully saturated rings. The third kappa shape index (κ3) is 6.90. The minimum absolute atomic E-state index is 0.157. The smallest absolute Gasteiger partial charge is 0.343 e. The van der Waals surface area contributed by atoms with Crippen LogP contribution in [0, 0.1) is 6.92 Å². The van der Waals surface area contributed by atoms with Crippen molar-refractivity contribution in [2.75, 3.05) is 5.75 Å². The van der Waals surface area contributed by atoms with E-state index in [4.69, 9.17) is 4.74 Å². The lowest BCUT2D eigenvalue weighted by molar-refractivity contribution is -0.118. The summed E-state index contributed by atoms with van der Waals surface area (Å²) in [6.07, 6.45) is 1.55. The number of nitrogens with one attached hydrogen (secondary N) is 1. The van der Waals surface area contributed by atoms with E-state index in [-0.39, 0.29) is 5.91 Å². The van der Waals surface area contributed by atoms with E-state index in [1.165, 1.54) is 17.3 Å². The monoisotopic (exact) mass is 418 g/mol. The maximum atomic E-state index is 12.2. The molecule has 3 rings (SSSR count). The molecule has 0 unspecified atom stereocenters. The Morgan fingerprint density at radius 3 is 2.50 bits per heavy atom. The second-order valence-corrected chi connectivity index (χ2v) is 7.59. The minimum atomic E-state index is -0.402. The molecule has 3 aromatic carbocycles. The first-order chi connectivity index (χ1) is 14.6. The molecule has 1 N–H and O–H groups in total. The lowest BCUT2D eigenvalue weighted by atomic mass is 10.1. The number of benzene rings is 3. The van der Waals surface area contributed by atoms with Gasteiger partial charge in [0.05, 0.1) is 17.5 Å². The summed E-state index contributed by atoms with van der Waals surface area (Å²) in [6.45, 7) is 1.92. The van der Waals surface area contributed by atoms with Gasteiger partial charge in [0.2, 0.25) is 5.91 Å². The highest BCUT2D eigenvalue weighted by Gasteiger charge is 2.08. The molecule has 0 saturated carbocycles. The van der Waals surface area contributed by atoms with Gasteiger partial charge in [0.1, 0.15) is 5.75 Å². The van der Waals surface area contributed by atoms with E-state index in [0.717, 1.165) is 16.9 Å². The number of thioether (sulfide) groups is 1. The number of rotatable bonds is 8. The quantitative estimate of drug-likeness (QED) is 0.251. The van der Waals surface area contributed by atoms with Crippen LogP contribution in [-0.2, 0) is 10.5 Å². The van der Waals surface area contributed by atoms with Crippen LogP contribution in [0.4, 0.5) is 0 Å². The summed E-state index contributed by atoms with van der Waals surface area (Å²) in [5, 5.41) is 3.97. The average Bonchev–Trinajstić information content (AvgIpc) is 2.76. The standard InChI is InChI=1S/C24H22N2O3S/c1-18-6-5-9-21(14-18)24(28)29-22-12-10-19(11-13-22)15-25-26-23(27)17-30-16-20-7-3-2-4-8-20/h2-15H,16-17H2,1H3,(H,26,27)/b25-15-. The first kappa shape index (κ1) is 21.3. The molecule has 3 aromatic rings. The van der Waals surface area contributed by atoms with Gasteiger partial charge in [-0.05, 0) is 54.4 Å². The molecule has 152 valence electrons. The molecule has 0 bridgehead atoms. The fraction of sp³-hybridized carbons (Fsp3) is 0.125. The van der Waals surface area contributed by atoms with Crippen molar-refractivity contribution >= 4 is 29.9 Å². The van der Waals surface area contributed by atoms with Gasteiger partial charge in [-0.15, -0.1) is 11.8 Å². The lowest BCUT2D eigenvalue weighted by Crippen LogP contribution is -2.19. The normalized spacial score (nSPS) is 10.7. The van der Waals surface area contributed by atoms with Crippen LogP contribution in [0.5, 0.6) is 5.75 Å². The van der Waals surface area contributed by atoms with E-state index in [9.17, 15) is 9.59 Å². The lowest BCUT2D eigenvalue weighted by Gasteiger charge is -2.05. The Morgan fingerprint density at radius 2 is 1.77 bits per heavy atom. The summed E-state index contributed by atoms with van der Waals surface area (Å²) >= 11 is 1.53. The summed E-state index contributed by atoms with van der Waals surface area (Å²) < 4.78 is 5.38. The molecule has 6 heteroatoms. The van der Waals surface area contributed by atoms with Crippen molar-refractivity contribution in [3.63, 3.8) is 0 Å². The number of carbonyl (C=O) groups excluding carboxylic acids is 2. The summed E-state index contributed by atoms with van der Waals surface area (Å²) in [7, 11) is 0. The second-order valence-electron chi connectivity index (χ2n) is 6.60. The molecule has 0 aromatic heterocycles. The van der Waals surface area contributed by atoms with Gasteiger partial charge in [-0.1, -0.05) is 48.0 Å². The van der Waals surface area contributed by atoms with Gasteiger partial charge in [0, 0.05) is 5.75 Å². The molecular weight excluding hydrogens is 396 g/mol. The molecule has 0 saturated heterocycles. The molecule has 0 atom stereocenters. The molecular formula is C24H22N2O3S. The molecule has 0 radical (unpaired) electrons. The van der Waals surface area contributed by atoms with Crippen LogP contribution in [0.2, 0.25) is 0 Å². The van der Waals surface area contributed by atoms with E-state index in [0.29, 0.717) is 17.1 Å². The topological polar surface area (TPSA) is 67.8 Å². The summed E-state index contributed by atoms with van der Waals surface area (Å²) in [4.78, 5) is 24.0. The SMILES string of the molecule is Cc1cccc(C(=O)Oc2ccc(/C=N\NC(=O)CSCc3ccccc3)cc2)c1. The molecule has 0 aliphatic heterocycles. The maximum Gasteiger partial charge on any atom is 0.343 e. The van der Waals surface area contributed by atoms with Gasteiger partial charge >= 0.3 is 5.97 Å². The molecule has 0 spiro atoms. The number of aryl methyl sites for hydroxylation is 1. The highest BCUT2D eigenvalue weighted by atomic mass is 32.2. The summed E-state index contributed by atoms with van der Waals surface area (Å²) in [5.41, 5.74) is 5.98. The van der Waals surface area contributed by atoms with Crippen LogP contribution >= 0.6 is 11.8 Å². The molecule has 0 aliphatic rings. The van der Waals surface area contributed by atoms with Crippen molar-refractivity contribution in [3.8, 4) is 5.75 Å². The van der Waals surface area contributed by atoms with E-state index in [1.807, 2.05) is 49.4 Å². The van der Waals surface area contributed by atoms with Crippen LogP contribution in [0.15, 0.2) is 84.0 Å². The van der Waals surface area contributed by atoms with Gasteiger partial charge < -0.3 is 4.74 Å². The number of hydrogen-bond acceptors (Lipinski definition) is 5. The highest BCUT2D eigenvalue weighted by Crippen LogP contribution is 2.14. The highest BCUT2D eigenvalue weighted by molar-refractivity contribution is 7.99. The van der Waals surface area contributed by atoms with Gasteiger partial charge in [-0.2, -0.15) is 5.10 Å². The second kappa shape index (κ2) is 11.0. The largest absolute Gasteiger partial charge is 0.423 e. The molecule has 0 aliphatic carbocycles. The Kier molecular flexibility index (Phi) is 7.80. The van der Waals surface area contributed by atoms with E-state index in [1.54, 1.807) is 42.6 Å². The first-order valence-corrected chi connectivity index (χ1v) is 10.6. The third-order valence-corrected chi connectivity index (χ3v) is 5.10. The Morgan fingerprint density at radius 1 is 1.00 bits per heavy atom. The van der Waals surface area contributed by atoms with Crippen LogP contribution in [0.3, 0.4) is 0 Å². The average molecular weight is 419 g/mol. The zero-order chi connectivity index (χ0) is 21.2. The Labute approximate surface area is 180 Å². The summed E-state index contributed by atoms with van der Waals surface area (Å²) in [6, 6.07) is 24.1. The van der Waals surface area contributed by atoms with Crippen molar-refractivity contribution in [1.82, 2.24) is 5.43 Å².